The van der Waals surface area contributed by atoms with Gasteiger partial charge in [-0.3, -0.25) is 9.59 Å². The molecule has 1 aliphatic carbocycles. The van der Waals surface area contributed by atoms with Crippen LogP contribution in [0, 0.1) is 0 Å². The van der Waals surface area contributed by atoms with Crippen molar-refractivity contribution in [2.75, 3.05) is 5.75 Å². The summed E-state index contributed by atoms with van der Waals surface area (Å²) in [5.41, 5.74) is 3.28. The topological polar surface area (TPSA) is 49.4 Å². The summed E-state index contributed by atoms with van der Waals surface area (Å²) in [7, 11) is 0. The van der Waals surface area contributed by atoms with Crippen molar-refractivity contribution in [1.29, 1.82) is 0 Å². The number of hydrogen-bond acceptors (Lipinski definition) is 3. The van der Waals surface area contributed by atoms with Gasteiger partial charge in [-0.2, -0.15) is 0 Å². The Balaban J connectivity index is 1.54. The van der Waals surface area contributed by atoms with Crippen LogP contribution >= 0.6 is 11.8 Å². The highest BCUT2D eigenvalue weighted by atomic mass is 32.2. The summed E-state index contributed by atoms with van der Waals surface area (Å²) in [6.07, 6.45) is 6.07. The van der Waals surface area contributed by atoms with Crippen molar-refractivity contribution in [2.24, 2.45) is 0 Å². The minimum atomic E-state index is -0.556. The first kappa shape index (κ1) is 26.0. The predicted octanol–water partition coefficient (Wildman–Crippen LogP) is 6.01. The Bertz CT molecular complexity index is 1070. The molecular formula is C31H36N2O2S. The summed E-state index contributed by atoms with van der Waals surface area (Å²) in [5, 5.41) is 3.30. The van der Waals surface area contributed by atoms with Crippen molar-refractivity contribution in [1.82, 2.24) is 10.2 Å². The van der Waals surface area contributed by atoms with Crippen LogP contribution in [0.5, 0.6) is 0 Å². The molecule has 0 heterocycles. The van der Waals surface area contributed by atoms with E-state index in [-0.39, 0.29) is 17.9 Å². The number of nitrogens with one attached hydrogen (secondary N) is 1. The number of thioether (sulfide) groups is 1. The van der Waals surface area contributed by atoms with Gasteiger partial charge in [-0.25, -0.2) is 0 Å². The number of carbonyl (C=O) groups excluding carboxylic acids is 2. The zero-order valence-corrected chi connectivity index (χ0v) is 21.7. The van der Waals surface area contributed by atoms with Crippen LogP contribution in [0.15, 0.2) is 91.0 Å². The fourth-order valence-corrected chi connectivity index (χ4v) is 5.66. The minimum absolute atomic E-state index is 0.000454. The lowest BCUT2D eigenvalue weighted by molar-refractivity contribution is -0.139. The van der Waals surface area contributed by atoms with E-state index in [1.807, 2.05) is 78.9 Å². The fraction of sp³-hybridized carbons (Fsp3) is 0.355. The van der Waals surface area contributed by atoms with Gasteiger partial charge in [0.05, 0.1) is 5.75 Å². The summed E-state index contributed by atoms with van der Waals surface area (Å²) >= 11 is 1.60. The van der Waals surface area contributed by atoms with Crippen LogP contribution in [0.4, 0.5) is 0 Å². The second kappa shape index (κ2) is 13.9. The van der Waals surface area contributed by atoms with E-state index in [2.05, 4.69) is 17.4 Å². The summed E-state index contributed by atoms with van der Waals surface area (Å²) in [5.74, 6) is 1.07. The average Bonchev–Trinajstić information content (AvgIpc) is 2.93. The summed E-state index contributed by atoms with van der Waals surface area (Å²) < 4.78 is 0. The third-order valence-corrected chi connectivity index (χ3v) is 7.74. The fourth-order valence-electron chi connectivity index (χ4n) is 4.79. The highest BCUT2D eigenvalue weighted by Gasteiger charge is 2.31. The molecule has 2 amide bonds. The third-order valence-electron chi connectivity index (χ3n) is 6.76. The number of nitrogens with zero attached hydrogens (tertiary/aromatic N) is 1. The molecule has 1 N–H and O–H groups in total. The van der Waals surface area contributed by atoms with Crippen molar-refractivity contribution in [2.45, 2.75) is 62.9 Å². The molecular weight excluding hydrogens is 464 g/mol. The molecule has 3 aromatic carbocycles. The Morgan fingerprint density at radius 2 is 1.33 bits per heavy atom. The van der Waals surface area contributed by atoms with Crippen LogP contribution in [0.2, 0.25) is 0 Å². The van der Waals surface area contributed by atoms with Crippen LogP contribution in [0.1, 0.15) is 48.8 Å². The normalized spacial score (nSPS) is 14.7. The SMILES string of the molecule is O=C(NC1CCCCC1)C(Cc1ccccc1)N(Cc1ccccc1)C(=O)CSCc1ccccc1. The second-order valence-corrected chi connectivity index (χ2v) is 10.5. The van der Waals surface area contributed by atoms with Gasteiger partial charge in [0.15, 0.2) is 0 Å². The van der Waals surface area contributed by atoms with E-state index in [1.54, 1.807) is 16.7 Å². The van der Waals surface area contributed by atoms with E-state index >= 15 is 0 Å². The molecule has 0 spiro atoms. The number of amides is 2. The lowest BCUT2D eigenvalue weighted by Gasteiger charge is -2.33. The van der Waals surface area contributed by atoms with Crippen molar-refractivity contribution in [3.63, 3.8) is 0 Å². The smallest absolute Gasteiger partial charge is 0.243 e. The summed E-state index contributed by atoms with van der Waals surface area (Å²) in [6, 6.07) is 29.9. The standard InChI is InChI=1S/C31H36N2O2S/c34-30(24-36-23-27-17-9-3-10-18-27)33(22-26-15-7-2-8-16-26)29(21-25-13-5-1-6-14-25)31(35)32-28-19-11-4-12-20-28/h1-3,5-10,13-18,28-29H,4,11-12,19-24H2,(H,32,35). The molecule has 4 nitrogen and oxygen atoms in total. The first-order valence-corrected chi connectivity index (χ1v) is 14.1. The zero-order valence-electron chi connectivity index (χ0n) is 20.9. The minimum Gasteiger partial charge on any atom is -0.352 e. The van der Waals surface area contributed by atoms with E-state index < -0.39 is 6.04 Å². The summed E-state index contributed by atoms with van der Waals surface area (Å²) in [6.45, 7) is 0.418. The van der Waals surface area contributed by atoms with Crippen molar-refractivity contribution < 1.29 is 9.59 Å². The van der Waals surface area contributed by atoms with Crippen LogP contribution in [-0.2, 0) is 28.3 Å². The molecule has 4 rings (SSSR count). The Labute approximate surface area is 219 Å². The molecule has 0 aliphatic heterocycles. The molecule has 0 aromatic heterocycles. The predicted molar refractivity (Wildman–Crippen MR) is 149 cm³/mol. The molecule has 36 heavy (non-hydrogen) atoms. The Hall–Kier alpha value is -3.05. The van der Waals surface area contributed by atoms with Crippen molar-refractivity contribution in [3.05, 3.63) is 108 Å². The third kappa shape index (κ3) is 7.99. The molecule has 0 saturated heterocycles. The molecule has 1 atom stereocenters. The van der Waals surface area contributed by atoms with Gasteiger partial charge in [-0.15, -0.1) is 11.8 Å². The monoisotopic (exact) mass is 500 g/mol. The molecule has 1 aliphatic rings. The number of hydrogen-bond donors (Lipinski definition) is 1. The van der Waals surface area contributed by atoms with E-state index in [0.29, 0.717) is 18.7 Å². The lowest BCUT2D eigenvalue weighted by Crippen LogP contribution is -2.53. The average molecular weight is 501 g/mol. The number of rotatable bonds is 11. The van der Waals surface area contributed by atoms with E-state index in [1.165, 1.54) is 12.0 Å². The first-order valence-electron chi connectivity index (χ1n) is 13.0. The van der Waals surface area contributed by atoms with E-state index in [0.717, 1.165) is 42.6 Å². The number of carbonyl (C=O) groups is 2. The molecule has 188 valence electrons. The van der Waals surface area contributed by atoms with Crippen molar-refractivity contribution >= 4 is 23.6 Å². The second-order valence-electron chi connectivity index (χ2n) is 9.53. The Morgan fingerprint density at radius 3 is 1.94 bits per heavy atom. The highest BCUT2D eigenvalue weighted by molar-refractivity contribution is 7.99. The molecule has 0 radical (unpaired) electrons. The van der Waals surface area contributed by atoms with Gasteiger partial charge in [0.25, 0.3) is 0 Å². The highest BCUT2D eigenvalue weighted by Crippen LogP contribution is 2.21. The maximum Gasteiger partial charge on any atom is 0.243 e. The number of benzene rings is 3. The molecule has 1 fully saturated rings. The van der Waals surface area contributed by atoms with Crippen LogP contribution < -0.4 is 5.32 Å². The van der Waals surface area contributed by atoms with Gasteiger partial charge >= 0.3 is 0 Å². The van der Waals surface area contributed by atoms with Gasteiger partial charge in [0.1, 0.15) is 6.04 Å². The molecule has 1 saturated carbocycles. The van der Waals surface area contributed by atoms with Crippen LogP contribution in [0.3, 0.4) is 0 Å². The van der Waals surface area contributed by atoms with Gasteiger partial charge < -0.3 is 10.2 Å². The zero-order chi connectivity index (χ0) is 25.0. The van der Waals surface area contributed by atoms with Gasteiger partial charge in [0, 0.05) is 24.8 Å². The van der Waals surface area contributed by atoms with E-state index in [9.17, 15) is 9.59 Å². The van der Waals surface area contributed by atoms with Gasteiger partial charge in [-0.1, -0.05) is 110 Å². The summed E-state index contributed by atoms with van der Waals surface area (Å²) in [4.78, 5) is 29.2. The molecule has 5 heteroatoms. The van der Waals surface area contributed by atoms with E-state index in [4.69, 9.17) is 0 Å². The van der Waals surface area contributed by atoms with Gasteiger partial charge in [0.2, 0.25) is 11.8 Å². The van der Waals surface area contributed by atoms with Crippen molar-refractivity contribution in [3.8, 4) is 0 Å². The van der Waals surface area contributed by atoms with Crippen LogP contribution in [-0.4, -0.2) is 34.6 Å². The van der Waals surface area contributed by atoms with Gasteiger partial charge in [-0.05, 0) is 29.5 Å². The lowest BCUT2D eigenvalue weighted by atomic mass is 9.94. The molecule has 1 unspecified atom stereocenters. The quantitative estimate of drug-likeness (QED) is 0.351. The maximum absolute atomic E-state index is 13.7. The molecule has 0 bridgehead atoms. The maximum atomic E-state index is 13.7. The largest absolute Gasteiger partial charge is 0.352 e. The molecule has 3 aromatic rings. The van der Waals surface area contributed by atoms with Crippen LogP contribution in [0.25, 0.3) is 0 Å². The Morgan fingerprint density at radius 1 is 0.778 bits per heavy atom. The Kier molecular flexibility index (Phi) is 10.0. The first-order chi connectivity index (χ1) is 17.7.